The predicted octanol–water partition coefficient (Wildman–Crippen LogP) is 6.62. The molecular weight excluding hydrogens is 551 g/mol. The third kappa shape index (κ3) is 11.5. The number of carbonyl (C=O) groups is 2. The molecule has 43 heavy (non-hydrogen) atoms. The number of cyclic esters (lactones) is 1. The highest BCUT2D eigenvalue weighted by Gasteiger charge is 2.40. The molecule has 0 radical (unpaired) electrons. The third-order valence-electron chi connectivity index (χ3n) is 6.86. The van der Waals surface area contributed by atoms with Crippen molar-refractivity contribution in [3.05, 3.63) is 89.0 Å². The van der Waals surface area contributed by atoms with E-state index in [0.717, 1.165) is 28.7 Å². The number of nitrogens with zero attached hydrogens (tertiary/aromatic N) is 2. The van der Waals surface area contributed by atoms with Gasteiger partial charge in [0.05, 0.1) is 25.3 Å². The highest BCUT2D eigenvalue weighted by atomic mass is 19.1. The standard InChI is InChI=1S/C34H47FN2O6/c1-8-11-12-28(32(38)39)17-19-37-24-34(6,43-33(37)40)18-20-36(7)22-25(4)21-30(42-10-3)31(26(5)23-41-9-2)27-13-15-29(35)16-14-27/h11-17,21H,5,8-10,18-20,22-24H2,1-4,6-7H3,(H,38,39)/b12-11-,25-21+,28-17+,31-30-. The number of rotatable bonds is 18. The van der Waals surface area contributed by atoms with E-state index in [9.17, 15) is 19.1 Å². The molecule has 1 amide bonds. The molecule has 1 N–H and O–H groups in total. The second-order valence-corrected chi connectivity index (χ2v) is 10.9. The van der Waals surface area contributed by atoms with Crippen LogP contribution in [0.1, 0.15) is 53.0 Å². The largest absolute Gasteiger partial charge is 0.493 e. The van der Waals surface area contributed by atoms with Crippen LogP contribution in [0.15, 0.2) is 77.6 Å². The summed E-state index contributed by atoms with van der Waals surface area (Å²) in [5.41, 5.74) is 2.79. The van der Waals surface area contributed by atoms with Gasteiger partial charge in [-0.05, 0) is 70.5 Å². The summed E-state index contributed by atoms with van der Waals surface area (Å²) >= 11 is 0. The lowest BCUT2D eigenvalue weighted by atomic mass is 9.97. The Morgan fingerprint density at radius 2 is 1.93 bits per heavy atom. The Balaban J connectivity index is 2.14. The molecule has 0 aliphatic carbocycles. The SMILES string of the molecule is C=C(COCC)/C(=C(\C=C(/C)CN(C)CCC1(C)CN(C/C=C(\C=C/CC)C(=O)O)C(=O)O1)OCC)c1ccc(F)cc1. The Morgan fingerprint density at radius 1 is 1.23 bits per heavy atom. The van der Waals surface area contributed by atoms with Crippen molar-refractivity contribution >= 4 is 17.6 Å². The molecule has 2 rings (SSSR count). The summed E-state index contributed by atoms with van der Waals surface area (Å²) < 4.78 is 31.1. The number of hydrogen-bond donors (Lipinski definition) is 1. The summed E-state index contributed by atoms with van der Waals surface area (Å²) in [5, 5.41) is 9.41. The van der Waals surface area contributed by atoms with Crippen LogP contribution in [0, 0.1) is 5.82 Å². The minimum atomic E-state index is -1.03. The Bertz CT molecular complexity index is 1230. The minimum Gasteiger partial charge on any atom is -0.493 e. The first-order chi connectivity index (χ1) is 20.4. The number of carboxylic acids is 1. The van der Waals surface area contributed by atoms with E-state index in [4.69, 9.17) is 14.2 Å². The van der Waals surface area contributed by atoms with Gasteiger partial charge in [0.25, 0.3) is 0 Å². The number of likely N-dealkylation sites (N-methyl/N-ethyl adjacent to an activating group) is 1. The predicted molar refractivity (Wildman–Crippen MR) is 168 cm³/mol. The summed E-state index contributed by atoms with van der Waals surface area (Å²) in [4.78, 5) is 27.7. The third-order valence-corrected chi connectivity index (χ3v) is 6.86. The second-order valence-electron chi connectivity index (χ2n) is 10.9. The number of benzene rings is 1. The maximum absolute atomic E-state index is 13.7. The van der Waals surface area contributed by atoms with Crippen molar-refractivity contribution < 1.29 is 33.3 Å². The van der Waals surface area contributed by atoms with E-state index >= 15 is 0 Å². The van der Waals surface area contributed by atoms with Crippen LogP contribution in [-0.4, -0.2) is 85.6 Å². The molecule has 1 aliphatic heterocycles. The van der Waals surface area contributed by atoms with E-state index in [2.05, 4.69) is 11.5 Å². The highest BCUT2D eigenvalue weighted by Crippen LogP contribution is 2.29. The molecule has 1 saturated heterocycles. The van der Waals surface area contributed by atoms with Crippen LogP contribution in [0.3, 0.4) is 0 Å². The quantitative estimate of drug-likeness (QED) is 0.115. The molecule has 0 aromatic heterocycles. The maximum atomic E-state index is 13.7. The van der Waals surface area contributed by atoms with Gasteiger partial charge >= 0.3 is 12.1 Å². The number of aliphatic carboxylic acids is 1. The molecule has 1 aromatic carbocycles. The van der Waals surface area contributed by atoms with E-state index < -0.39 is 17.7 Å². The van der Waals surface area contributed by atoms with Crippen LogP contribution < -0.4 is 0 Å². The maximum Gasteiger partial charge on any atom is 0.410 e. The zero-order valence-electron chi connectivity index (χ0n) is 26.5. The molecule has 0 saturated carbocycles. The number of carboxylic acid groups (broad SMARTS) is 1. The normalized spacial score (nSPS) is 18.3. The number of carbonyl (C=O) groups excluding carboxylic acids is 1. The number of hydrogen-bond acceptors (Lipinski definition) is 6. The first-order valence-corrected chi connectivity index (χ1v) is 14.7. The molecule has 9 heteroatoms. The summed E-state index contributed by atoms with van der Waals surface area (Å²) in [6.07, 6.45) is 7.71. The lowest BCUT2D eigenvalue weighted by Crippen LogP contribution is -2.36. The smallest absolute Gasteiger partial charge is 0.410 e. The summed E-state index contributed by atoms with van der Waals surface area (Å²) in [7, 11) is 2.00. The summed E-state index contributed by atoms with van der Waals surface area (Å²) in [5.74, 6) is -0.712. The lowest BCUT2D eigenvalue weighted by Gasteiger charge is -2.25. The zero-order valence-corrected chi connectivity index (χ0v) is 26.5. The van der Waals surface area contributed by atoms with Gasteiger partial charge in [0.2, 0.25) is 0 Å². The van der Waals surface area contributed by atoms with E-state index in [-0.39, 0.29) is 17.9 Å². The Labute approximate surface area is 255 Å². The molecule has 1 unspecified atom stereocenters. The zero-order chi connectivity index (χ0) is 32.0. The lowest BCUT2D eigenvalue weighted by molar-refractivity contribution is -0.132. The van der Waals surface area contributed by atoms with E-state index in [0.29, 0.717) is 51.6 Å². The number of halogens is 1. The van der Waals surface area contributed by atoms with Crippen molar-refractivity contribution in [3.63, 3.8) is 0 Å². The van der Waals surface area contributed by atoms with Crippen LogP contribution in [0.5, 0.6) is 0 Å². The van der Waals surface area contributed by atoms with Crippen molar-refractivity contribution in [2.24, 2.45) is 0 Å². The molecule has 0 spiro atoms. The van der Waals surface area contributed by atoms with Crippen LogP contribution in [0.25, 0.3) is 5.57 Å². The van der Waals surface area contributed by atoms with Crippen LogP contribution in [0.2, 0.25) is 0 Å². The number of allylic oxidation sites excluding steroid dienone is 2. The van der Waals surface area contributed by atoms with Crippen molar-refractivity contribution in [2.45, 2.75) is 53.1 Å². The average molecular weight is 599 g/mol. The van der Waals surface area contributed by atoms with Gasteiger partial charge in [-0.1, -0.05) is 49.4 Å². The summed E-state index contributed by atoms with van der Waals surface area (Å²) in [6, 6.07) is 6.26. The Hall–Kier alpha value is -3.69. The van der Waals surface area contributed by atoms with Crippen LogP contribution in [0.4, 0.5) is 9.18 Å². The van der Waals surface area contributed by atoms with Crippen LogP contribution >= 0.6 is 0 Å². The first kappa shape index (κ1) is 35.5. The monoisotopic (exact) mass is 598 g/mol. The van der Waals surface area contributed by atoms with E-state index in [1.54, 1.807) is 24.3 Å². The summed E-state index contributed by atoms with van der Waals surface area (Å²) in [6.45, 7) is 17.0. The topological polar surface area (TPSA) is 88.5 Å². The van der Waals surface area contributed by atoms with E-state index in [1.165, 1.54) is 23.1 Å². The van der Waals surface area contributed by atoms with E-state index in [1.807, 2.05) is 47.7 Å². The van der Waals surface area contributed by atoms with Crippen molar-refractivity contribution in [3.8, 4) is 0 Å². The second kappa shape index (κ2) is 17.4. The van der Waals surface area contributed by atoms with Gasteiger partial charge in [0, 0.05) is 38.2 Å². The molecule has 1 fully saturated rings. The van der Waals surface area contributed by atoms with Crippen molar-refractivity contribution in [2.75, 3.05) is 53.0 Å². The molecule has 1 aliphatic rings. The van der Waals surface area contributed by atoms with Gasteiger partial charge in [0.15, 0.2) is 0 Å². The minimum absolute atomic E-state index is 0.148. The average Bonchev–Trinajstić information content (AvgIpc) is 3.24. The van der Waals surface area contributed by atoms with Gasteiger partial charge in [-0.15, -0.1) is 0 Å². The van der Waals surface area contributed by atoms with Gasteiger partial charge in [0.1, 0.15) is 17.2 Å². The highest BCUT2D eigenvalue weighted by molar-refractivity contribution is 5.90. The number of ether oxygens (including phenoxy) is 3. The van der Waals surface area contributed by atoms with Gasteiger partial charge in [-0.25, -0.2) is 14.0 Å². The molecule has 1 heterocycles. The molecule has 8 nitrogen and oxygen atoms in total. The Morgan fingerprint density at radius 3 is 2.53 bits per heavy atom. The Kier molecular flexibility index (Phi) is 14.4. The van der Waals surface area contributed by atoms with Gasteiger partial charge in [-0.3, -0.25) is 0 Å². The molecule has 236 valence electrons. The van der Waals surface area contributed by atoms with Crippen molar-refractivity contribution in [1.82, 2.24) is 9.80 Å². The molecule has 0 bridgehead atoms. The first-order valence-electron chi connectivity index (χ1n) is 14.7. The number of amides is 1. The fourth-order valence-electron chi connectivity index (χ4n) is 4.70. The molecule has 1 aromatic rings. The fourth-order valence-corrected chi connectivity index (χ4v) is 4.70. The fraction of sp³-hybridized carbons (Fsp3) is 0.471. The van der Waals surface area contributed by atoms with Crippen molar-refractivity contribution in [1.29, 1.82) is 0 Å². The molecular formula is C34H47FN2O6. The van der Waals surface area contributed by atoms with Gasteiger partial charge < -0.3 is 29.1 Å². The van der Waals surface area contributed by atoms with Crippen LogP contribution in [-0.2, 0) is 19.0 Å². The van der Waals surface area contributed by atoms with Gasteiger partial charge in [-0.2, -0.15) is 0 Å². The molecule has 1 atom stereocenters.